The number of rotatable bonds is 3. The fraction of sp³-hybridized carbons (Fsp3) is 0.400. The molecule has 1 heterocycles. The highest BCUT2D eigenvalue weighted by atomic mass is 19.3. The number of carbonyl (C=O) groups is 1. The normalized spacial score (nSPS) is 10.6. The lowest BCUT2D eigenvalue weighted by Crippen LogP contribution is -2.11. The first kappa shape index (κ1) is 12.4. The van der Waals surface area contributed by atoms with Crippen LogP contribution in [0.1, 0.15) is 35.1 Å². The third-order valence-corrected chi connectivity index (χ3v) is 2.00. The predicted molar refractivity (Wildman–Crippen MR) is 54.3 cm³/mol. The van der Waals surface area contributed by atoms with Gasteiger partial charge in [-0.05, 0) is 19.9 Å². The molecule has 0 aliphatic rings. The van der Waals surface area contributed by atoms with Gasteiger partial charge >= 0.3 is 5.97 Å². The molecule has 1 aromatic rings. The molecule has 0 amide bonds. The predicted octanol–water partition coefficient (Wildman–Crippen LogP) is 2.09. The standard InChI is InChI=1S/C10H12F2N2O2/c1-3-16-10(15)7-4-6(9(11)12)8(13)5(2)14-7/h4,9H,3,13H2,1-2H3. The first-order valence-electron chi connectivity index (χ1n) is 4.69. The molecule has 0 radical (unpaired) electrons. The molecule has 0 bridgehead atoms. The number of hydrogen-bond acceptors (Lipinski definition) is 4. The third-order valence-electron chi connectivity index (χ3n) is 2.00. The molecule has 4 nitrogen and oxygen atoms in total. The van der Waals surface area contributed by atoms with Gasteiger partial charge in [-0.2, -0.15) is 0 Å². The molecule has 0 aromatic carbocycles. The first-order valence-corrected chi connectivity index (χ1v) is 4.69. The number of hydrogen-bond donors (Lipinski definition) is 1. The van der Waals surface area contributed by atoms with Crippen molar-refractivity contribution < 1.29 is 18.3 Å². The Balaban J connectivity index is 3.18. The summed E-state index contributed by atoms with van der Waals surface area (Å²) in [5.41, 5.74) is 4.99. The van der Waals surface area contributed by atoms with Crippen molar-refractivity contribution in [1.82, 2.24) is 4.98 Å². The van der Waals surface area contributed by atoms with Gasteiger partial charge in [-0.15, -0.1) is 0 Å². The summed E-state index contributed by atoms with van der Waals surface area (Å²) in [7, 11) is 0. The summed E-state index contributed by atoms with van der Waals surface area (Å²) in [6, 6.07) is 0.963. The molecule has 0 atom stereocenters. The average molecular weight is 230 g/mol. The van der Waals surface area contributed by atoms with E-state index >= 15 is 0 Å². The molecular weight excluding hydrogens is 218 g/mol. The molecule has 0 aliphatic heterocycles. The molecular formula is C10H12F2N2O2. The molecule has 1 rings (SSSR count). The monoisotopic (exact) mass is 230 g/mol. The van der Waals surface area contributed by atoms with Gasteiger partial charge in [0, 0.05) is 5.56 Å². The van der Waals surface area contributed by atoms with Gasteiger partial charge in [0.15, 0.2) is 0 Å². The maximum absolute atomic E-state index is 12.6. The number of aromatic nitrogens is 1. The number of nitrogens with zero attached hydrogens (tertiary/aromatic N) is 1. The highest BCUT2D eigenvalue weighted by Gasteiger charge is 2.18. The van der Waals surface area contributed by atoms with Crippen molar-refractivity contribution in [2.45, 2.75) is 20.3 Å². The van der Waals surface area contributed by atoms with E-state index in [1.807, 2.05) is 0 Å². The summed E-state index contributed by atoms with van der Waals surface area (Å²) in [6.45, 7) is 3.24. The van der Waals surface area contributed by atoms with Gasteiger partial charge in [-0.3, -0.25) is 0 Å². The molecule has 0 saturated heterocycles. The smallest absolute Gasteiger partial charge is 0.356 e. The van der Waals surface area contributed by atoms with E-state index in [9.17, 15) is 13.6 Å². The van der Waals surface area contributed by atoms with Gasteiger partial charge < -0.3 is 10.5 Å². The second kappa shape index (κ2) is 4.87. The lowest BCUT2D eigenvalue weighted by atomic mass is 10.1. The van der Waals surface area contributed by atoms with Crippen molar-refractivity contribution in [2.75, 3.05) is 12.3 Å². The number of nitrogen functional groups attached to an aromatic ring is 1. The quantitative estimate of drug-likeness (QED) is 0.807. The van der Waals surface area contributed by atoms with Crippen LogP contribution in [0.2, 0.25) is 0 Å². The zero-order valence-corrected chi connectivity index (χ0v) is 8.96. The van der Waals surface area contributed by atoms with Crippen LogP contribution < -0.4 is 5.73 Å². The van der Waals surface area contributed by atoms with Crippen molar-refractivity contribution in [1.29, 1.82) is 0 Å². The molecule has 16 heavy (non-hydrogen) atoms. The molecule has 0 spiro atoms. The van der Waals surface area contributed by atoms with Crippen molar-refractivity contribution in [3.8, 4) is 0 Å². The van der Waals surface area contributed by atoms with Crippen LogP contribution in [0.4, 0.5) is 14.5 Å². The van der Waals surface area contributed by atoms with Gasteiger partial charge in [0.25, 0.3) is 6.43 Å². The Bertz CT molecular complexity index is 408. The second-order valence-electron chi connectivity index (χ2n) is 3.12. The number of aryl methyl sites for hydroxylation is 1. The summed E-state index contributed by atoms with van der Waals surface area (Å²) >= 11 is 0. The average Bonchev–Trinajstić information content (AvgIpc) is 2.21. The minimum Gasteiger partial charge on any atom is -0.461 e. The number of halogens is 2. The molecule has 88 valence electrons. The zero-order valence-electron chi connectivity index (χ0n) is 8.96. The Morgan fingerprint density at radius 3 is 2.75 bits per heavy atom. The van der Waals surface area contributed by atoms with Gasteiger partial charge in [-0.25, -0.2) is 18.6 Å². The maximum atomic E-state index is 12.6. The number of anilines is 1. The molecule has 0 unspecified atom stereocenters. The molecule has 6 heteroatoms. The number of esters is 1. The van der Waals surface area contributed by atoms with Crippen LogP contribution in [-0.4, -0.2) is 17.6 Å². The van der Waals surface area contributed by atoms with E-state index in [1.165, 1.54) is 6.92 Å². The van der Waals surface area contributed by atoms with Crippen LogP contribution in [0.25, 0.3) is 0 Å². The van der Waals surface area contributed by atoms with Crippen molar-refractivity contribution in [2.24, 2.45) is 0 Å². The van der Waals surface area contributed by atoms with Crippen LogP contribution >= 0.6 is 0 Å². The molecule has 2 N–H and O–H groups in total. The third kappa shape index (κ3) is 2.44. The number of nitrogens with two attached hydrogens (primary N) is 1. The number of ether oxygens (including phenoxy) is 1. The maximum Gasteiger partial charge on any atom is 0.356 e. The number of alkyl halides is 2. The van der Waals surface area contributed by atoms with E-state index in [0.29, 0.717) is 0 Å². The van der Waals surface area contributed by atoms with Crippen LogP contribution in [0.3, 0.4) is 0 Å². The van der Waals surface area contributed by atoms with Crippen LogP contribution in [0.15, 0.2) is 6.07 Å². The van der Waals surface area contributed by atoms with Crippen LogP contribution in [0.5, 0.6) is 0 Å². The second-order valence-corrected chi connectivity index (χ2v) is 3.12. The van der Waals surface area contributed by atoms with Gasteiger partial charge in [-0.1, -0.05) is 0 Å². The molecule has 0 fully saturated rings. The Morgan fingerprint density at radius 2 is 2.25 bits per heavy atom. The zero-order chi connectivity index (χ0) is 12.3. The summed E-state index contributed by atoms with van der Waals surface area (Å²) in [6.07, 6.45) is -2.74. The van der Waals surface area contributed by atoms with Gasteiger partial charge in [0.2, 0.25) is 0 Å². The summed E-state index contributed by atoms with van der Waals surface area (Å²) in [4.78, 5) is 15.1. The Morgan fingerprint density at radius 1 is 1.62 bits per heavy atom. The Hall–Kier alpha value is -1.72. The van der Waals surface area contributed by atoms with E-state index in [0.717, 1.165) is 6.07 Å². The van der Waals surface area contributed by atoms with E-state index in [-0.39, 0.29) is 23.7 Å². The van der Waals surface area contributed by atoms with Crippen molar-refractivity contribution in [3.63, 3.8) is 0 Å². The first-order chi connectivity index (χ1) is 7.47. The SMILES string of the molecule is CCOC(=O)c1cc(C(F)F)c(N)c(C)n1. The highest BCUT2D eigenvalue weighted by molar-refractivity contribution is 5.88. The lowest BCUT2D eigenvalue weighted by molar-refractivity contribution is 0.0518. The molecule has 0 saturated carbocycles. The Labute approximate surface area is 91.4 Å². The fourth-order valence-corrected chi connectivity index (χ4v) is 1.20. The van der Waals surface area contributed by atoms with Crippen LogP contribution in [0, 0.1) is 6.92 Å². The van der Waals surface area contributed by atoms with E-state index in [4.69, 9.17) is 5.73 Å². The van der Waals surface area contributed by atoms with E-state index in [1.54, 1.807) is 6.92 Å². The largest absolute Gasteiger partial charge is 0.461 e. The fourth-order valence-electron chi connectivity index (χ4n) is 1.20. The minimum atomic E-state index is -2.74. The summed E-state index contributed by atoms with van der Waals surface area (Å²) in [5, 5.41) is 0. The molecule has 1 aromatic heterocycles. The van der Waals surface area contributed by atoms with E-state index < -0.39 is 18.0 Å². The lowest BCUT2D eigenvalue weighted by Gasteiger charge is -2.09. The van der Waals surface area contributed by atoms with Crippen molar-refractivity contribution in [3.05, 3.63) is 23.0 Å². The number of carbonyl (C=O) groups excluding carboxylic acids is 1. The number of pyridine rings is 1. The molecule has 0 aliphatic carbocycles. The summed E-state index contributed by atoms with van der Waals surface area (Å²) in [5.74, 6) is -0.729. The summed E-state index contributed by atoms with van der Waals surface area (Å²) < 4.78 is 29.8. The minimum absolute atomic E-state index is 0.0944. The van der Waals surface area contributed by atoms with Gasteiger partial charge in [0.1, 0.15) is 5.69 Å². The van der Waals surface area contributed by atoms with Crippen LogP contribution in [-0.2, 0) is 4.74 Å². The van der Waals surface area contributed by atoms with Crippen molar-refractivity contribution >= 4 is 11.7 Å². The van der Waals surface area contributed by atoms with Gasteiger partial charge in [0.05, 0.1) is 18.0 Å². The highest BCUT2D eigenvalue weighted by Crippen LogP contribution is 2.27. The topological polar surface area (TPSA) is 65.2 Å². The van der Waals surface area contributed by atoms with E-state index in [2.05, 4.69) is 9.72 Å². The Kier molecular flexibility index (Phi) is 3.76.